The number of nitrogen functional groups attached to an aromatic ring is 1. The summed E-state index contributed by atoms with van der Waals surface area (Å²) in [6.45, 7) is 2.05. The predicted octanol–water partition coefficient (Wildman–Crippen LogP) is 3.77. The molecule has 4 rings (SSSR count). The Balaban J connectivity index is 1.84. The van der Waals surface area contributed by atoms with E-state index in [1.807, 2.05) is 29.5 Å². The molecule has 3 aromatic rings. The quantitative estimate of drug-likeness (QED) is 0.764. The minimum Gasteiger partial charge on any atom is -0.383 e. The first kappa shape index (κ1) is 11.5. The molecule has 100 valence electrons. The van der Waals surface area contributed by atoms with Gasteiger partial charge in [-0.05, 0) is 43.4 Å². The first-order chi connectivity index (χ1) is 9.74. The van der Waals surface area contributed by atoms with Crippen LogP contribution in [0, 0.1) is 6.92 Å². The highest BCUT2D eigenvalue weighted by molar-refractivity contribution is 5.75. The standard InChI is InChI=1S/C17H17N3/c1-11-3-2-4-15-19-16(17(18)20(11)15)14-9-7-13(8-10-14)12-5-6-12/h2-4,7-10,12H,5-6,18H2,1H3. The number of imidazole rings is 1. The molecule has 1 aliphatic carbocycles. The highest BCUT2D eigenvalue weighted by Gasteiger charge is 2.23. The van der Waals surface area contributed by atoms with Gasteiger partial charge in [0.05, 0.1) is 0 Å². The zero-order valence-corrected chi connectivity index (χ0v) is 11.5. The van der Waals surface area contributed by atoms with Crippen LogP contribution >= 0.6 is 0 Å². The number of anilines is 1. The summed E-state index contributed by atoms with van der Waals surface area (Å²) in [5, 5.41) is 0. The van der Waals surface area contributed by atoms with E-state index in [4.69, 9.17) is 5.73 Å². The molecule has 1 fully saturated rings. The summed E-state index contributed by atoms with van der Waals surface area (Å²) in [7, 11) is 0. The molecule has 0 atom stereocenters. The zero-order chi connectivity index (χ0) is 13.7. The second-order valence-electron chi connectivity index (χ2n) is 5.60. The number of aryl methyl sites for hydroxylation is 1. The molecule has 2 aromatic heterocycles. The van der Waals surface area contributed by atoms with Gasteiger partial charge in [0.15, 0.2) is 0 Å². The number of nitrogens with two attached hydrogens (primary N) is 1. The number of rotatable bonds is 2. The van der Waals surface area contributed by atoms with Gasteiger partial charge in [0.25, 0.3) is 0 Å². The van der Waals surface area contributed by atoms with Crippen LogP contribution < -0.4 is 5.73 Å². The minimum atomic E-state index is 0.720. The molecule has 0 aliphatic heterocycles. The zero-order valence-electron chi connectivity index (χ0n) is 11.5. The molecule has 0 spiro atoms. The van der Waals surface area contributed by atoms with E-state index in [-0.39, 0.29) is 0 Å². The van der Waals surface area contributed by atoms with Crippen LogP contribution in [0.5, 0.6) is 0 Å². The van der Waals surface area contributed by atoms with Gasteiger partial charge in [-0.25, -0.2) is 4.98 Å². The molecule has 0 amide bonds. The number of benzene rings is 1. The number of hydrogen-bond donors (Lipinski definition) is 1. The molecule has 1 aromatic carbocycles. The van der Waals surface area contributed by atoms with Gasteiger partial charge in [-0.2, -0.15) is 0 Å². The van der Waals surface area contributed by atoms with Crippen LogP contribution in [-0.2, 0) is 0 Å². The Hall–Kier alpha value is -2.29. The van der Waals surface area contributed by atoms with E-state index in [1.165, 1.54) is 18.4 Å². The van der Waals surface area contributed by atoms with Crippen LogP contribution in [0.1, 0.15) is 30.0 Å². The Morgan fingerprint density at radius 1 is 1.10 bits per heavy atom. The summed E-state index contributed by atoms with van der Waals surface area (Å²) >= 11 is 0. The summed E-state index contributed by atoms with van der Waals surface area (Å²) in [6.07, 6.45) is 2.66. The fourth-order valence-electron chi connectivity index (χ4n) is 2.82. The Labute approximate surface area is 118 Å². The molecular weight excluding hydrogens is 246 g/mol. The van der Waals surface area contributed by atoms with Gasteiger partial charge in [-0.1, -0.05) is 30.3 Å². The SMILES string of the molecule is Cc1cccc2nc(-c3ccc(C4CC4)cc3)c(N)n12. The van der Waals surface area contributed by atoms with E-state index in [0.29, 0.717) is 0 Å². The summed E-state index contributed by atoms with van der Waals surface area (Å²) in [5.74, 6) is 1.50. The second-order valence-corrected chi connectivity index (χ2v) is 5.60. The van der Waals surface area contributed by atoms with Gasteiger partial charge in [0.1, 0.15) is 17.2 Å². The van der Waals surface area contributed by atoms with Gasteiger partial charge in [-0.3, -0.25) is 4.40 Å². The lowest BCUT2D eigenvalue weighted by atomic mass is 10.1. The van der Waals surface area contributed by atoms with Crippen molar-refractivity contribution in [2.75, 3.05) is 5.73 Å². The predicted molar refractivity (Wildman–Crippen MR) is 81.8 cm³/mol. The van der Waals surface area contributed by atoms with E-state index < -0.39 is 0 Å². The molecule has 2 heterocycles. The number of nitrogens with zero attached hydrogens (tertiary/aromatic N) is 2. The molecule has 2 N–H and O–H groups in total. The monoisotopic (exact) mass is 263 g/mol. The van der Waals surface area contributed by atoms with Crippen LogP contribution in [0.4, 0.5) is 5.82 Å². The summed E-state index contributed by atoms with van der Waals surface area (Å²) < 4.78 is 2.00. The van der Waals surface area contributed by atoms with E-state index in [1.54, 1.807) is 0 Å². The van der Waals surface area contributed by atoms with Gasteiger partial charge in [0.2, 0.25) is 0 Å². The minimum absolute atomic E-state index is 0.720. The molecule has 3 nitrogen and oxygen atoms in total. The van der Waals surface area contributed by atoms with Crippen LogP contribution in [-0.4, -0.2) is 9.38 Å². The maximum absolute atomic E-state index is 6.28. The van der Waals surface area contributed by atoms with Crippen molar-refractivity contribution >= 4 is 11.5 Å². The fourth-order valence-corrected chi connectivity index (χ4v) is 2.82. The highest BCUT2D eigenvalue weighted by Crippen LogP contribution is 2.40. The van der Waals surface area contributed by atoms with Crippen molar-refractivity contribution in [3.05, 3.63) is 53.7 Å². The van der Waals surface area contributed by atoms with Crippen molar-refractivity contribution in [2.45, 2.75) is 25.7 Å². The lowest BCUT2D eigenvalue weighted by molar-refractivity contribution is 1.10. The van der Waals surface area contributed by atoms with Crippen molar-refractivity contribution in [3.63, 3.8) is 0 Å². The van der Waals surface area contributed by atoms with Crippen molar-refractivity contribution in [1.29, 1.82) is 0 Å². The molecule has 0 unspecified atom stereocenters. The molecule has 1 saturated carbocycles. The first-order valence-electron chi connectivity index (χ1n) is 7.08. The van der Waals surface area contributed by atoms with E-state index >= 15 is 0 Å². The van der Waals surface area contributed by atoms with Crippen LogP contribution in [0.25, 0.3) is 16.9 Å². The van der Waals surface area contributed by atoms with E-state index in [9.17, 15) is 0 Å². The Morgan fingerprint density at radius 3 is 2.50 bits per heavy atom. The maximum atomic E-state index is 6.28. The van der Waals surface area contributed by atoms with Crippen molar-refractivity contribution in [2.24, 2.45) is 0 Å². The largest absolute Gasteiger partial charge is 0.383 e. The lowest BCUT2D eigenvalue weighted by Crippen LogP contribution is -1.97. The number of hydrogen-bond acceptors (Lipinski definition) is 2. The van der Waals surface area contributed by atoms with Crippen LogP contribution in [0.3, 0.4) is 0 Å². The normalized spacial score (nSPS) is 14.8. The number of pyridine rings is 1. The third-order valence-electron chi connectivity index (χ3n) is 4.11. The van der Waals surface area contributed by atoms with Crippen LogP contribution in [0.2, 0.25) is 0 Å². The van der Waals surface area contributed by atoms with Crippen molar-refractivity contribution in [3.8, 4) is 11.3 Å². The summed E-state index contributed by atoms with van der Waals surface area (Å²) in [4.78, 5) is 4.67. The van der Waals surface area contributed by atoms with Gasteiger partial charge < -0.3 is 5.73 Å². The molecule has 20 heavy (non-hydrogen) atoms. The average Bonchev–Trinajstić information content (AvgIpc) is 3.24. The third kappa shape index (κ3) is 1.70. The Bertz CT molecular complexity index is 780. The van der Waals surface area contributed by atoms with Crippen LogP contribution in [0.15, 0.2) is 42.5 Å². The molecule has 0 bridgehead atoms. The van der Waals surface area contributed by atoms with Gasteiger partial charge in [0, 0.05) is 11.3 Å². The first-order valence-corrected chi connectivity index (χ1v) is 7.08. The highest BCUT2D eigenvalue weighted by atomic mass is 15.1. The van der Waals surface area contributed by atoms with E-state index in [0.717, 1.165) is 34.3 Å². The Kier molecular flexibility index (Phi) is 2.36. The molecule has 3 heteroatoms. The van der Waals surface area contributed by atoms with Crippen molar-refractivity contribution in [1.82, 2.24) is 9.38 Å². The van der Waals surface area contributed by atoms with Crippen molar-refractivity contribution < 1.29 is 0 Å². The lowest BCUT2D eigenvalue weighted by Gasteiger charge is -2.03. The van der Waals surface area contributed by atoms with E-state index in [2.05, 4.69) is 29.2 Å². The maximum Gasteiger partial charge on any atom is 0.139 e. The molecule has 0 radical (unpaired) electrons. The summed E-state index contributed by atoms with van der Waals surface area (Å²) in [5.41, 5.74) is 11.7. The number of fused-ring (bicyclic) bond motifs is 1. The second kappa shape index (κ2) is 4.10. The molecule has 1 aliphatic rings. The molecule has 0 saturated heterocycles. The van der Waals surface area contributed by atoms with Gasteiger partial charge >= 0.3 is 0 Å². The number of aromatic nitrogens is 2. The smallest absolute Gasteiger partial charge is 0.139 e. The third-order valence-corrected chi connectivity index (χ3v) is 4.11. The van der Waals surface area contributed by atoms with Gasteiger partial charge in [-0.15, -0.1) is 0 Å². The average molecular weight is 263 g/mol. The fraction of sp³-hybridized carbons (Fsp3) is 0.235. The topological polar surface area (TPSA) is 43.3 Å². The Morgan fingerprint density at radius 2 is 1.85 bits per heavy atom. The summed E-state index contributed by atoms with van der Waals surface area (Å²) in [6, 6.07) is 14.8. The molecular formula is C17H17N3.